The highest BCUT2D eigenvalue weighted by molar-refractivity contribution is 5.78. The van der Waals surface area contributed by atoms with E-state index in [9.17, 15) is 9.90 Å². The number of phenolic OH excluding ortho intramolecular Hbond substituents is 1. The van der Waals surface area contributed by atoms with Crippen molar-refractivity contribution in [2.75, 3.05) is 36.1 Å². The number of pyridine rings is 1. The van der Waals surface area contributed by atoms with Crippen molar-refractivity contribution in [1.29, 1.82) is 0 Å². The van der Waals surface area contributed by atoms with Gasteiger partial charge in [-0.3, -0.25) is 0 Å². The van der Waals surface area contributed by atoms with Gasteiger partial charge in [-0.25, -0.2) is 9.78 Å². The first-order valence-corrected chi connectivity index (χ1v) is 13.3. The van der Waals surface area contributed by atoms with Crippen molar-refractivity contribution < 1.29 is 19.4 Å². The predicted octanol–water partition coefficient (Wildman–Crippen LogP) is 5.40. The van der Waals surface area contributed by atoms with Crippen LogP contribution in [0, 0.1) is 0 Å². The van der Waals surface area contributed by atoms with Crippen LogP contribution in [0.2, 0.25) is 0 Å². The number of hydrogen-bond acceptors (Lipinski definition) is 8. The SMILES string of the molecule is COc1ccc(CN(Cc2ccc(O)cc2)c2nccc(N[C@@H]3CCCN(C(=O)OC(C)(C)C)C3)c2N)cc1. The maximum atomic E-state index is 12.6. The highest BCUT2D eigenvalue weighted by atomic mass is 16.6. The Hall–Kier alpha value is -4.14. The second-order valence-electron chi connectivity index (χ2n) is 10.9. The molecule has 208 valence electrons. The molecule has 0 bridgehead atoms. The minimum Gasteiger partial charge on any atom is -0.508 e. The molecule has 0 aliphatic carbocycles. The van der Waals surface area contributed by atoms with Gasteiger partial charge in [-0.05, 0) is 75.1 Å². The van der Waals surface area contributed by atoms with Crippen LogP contribution in [-0.2, 0) is 17.8 Å². The molecule has 4 N–H and O–H groups in total. The van der Waals surface area contributed by atoms with E-state index in [-0.39, 0.29) is 17.9 Å². The van der Waals surface area contributed by atoms with Gasteiger partial charge in [-0.15, -0.1) is 0 Å². The minimum atomic E-state index is -0.535. The number of carbonyl (C=O) groups excluding carboxylic acids is 1. The van der Waals surface area contributed by atoms with Crippen molar-refractivity contribution in [3.63, 3.8) is 0 Å². The first-order chi connectivity index (χ1) is 18.6. The molecule has 2 aromatic carbocycles. The summed E-state index contributed by atoms with van der Waals surface area (Å²) in [6.45, 7) is 7.95. The number of benzene rings is 2. The Morgan fingerprint density at radius 1 is 1.10 bits per heavy atom. The highest BCUT2D eigenvalue weighted by Crippen LogP contribution is 2.32. The van der Waals surface area contributed by atoms with Crippen molar-refractivity contribution in [1.82, 2.24) is 9.88 Å². The highest BCUT2D eigenvalue weighted by Gasteiger charge is 2.28. The van der Waals surface area contributed by atoms with Gasteiger partial charge in [0.25, 0.3) is 0 Å². The molecule has 1 fully saturated rings. The third-order valence-corrected chi connectivity index (χ3v) is 6.54. The summed E-state index contributed by atoms with van der Waals surface area (Å²) in [6.07, 6.45) is 3.25. The van der Waals surface area contributed by atoms with Gasteiger partial charge < -0.3 is 35.4 Å². The molecule has 0 saturated carbocycles. The van der Waals surface area contributed by atoms with Crippen molar-refractivity contribution in [3.05, 3.63) is 71.9 Å². The first-order valence-electron chi connectivity index (χ1n) is 13.3. The van der Waals surface area contributed by atoms with Gasteiger partial charge in [0.1, 0.15) is 17.1 Å². The molecule has 1 amide bonds. The van der Waals surface area contributed by atoms with E-state index >= 15 is 0 Å². The van der Waals surface area contributed by atoms with E-state index in [1.54, 1.807) is 30.3 Å². The maximum absolute atomic E-state index is 12.6. The zero-order valence-corrected chi connectivity index (χ0v) is 23.2. The summed E-state index contributed by atoms with van der Waals surface area (Å²) in [5, 5.41) is 13.3. The summed E-state index contributed by atoms with van der Waals surface area (Å²) in [7, 11) is 1.65. The van der Waals surface area contributed by atoms with Crippen LogP contribution in [0.15, 0.2) is 60.8 Å². The van der Waals surface area contributed by atoms with Crippen LogP contribution in [0.4, 0.5) is 22.0 Å². The number of aromatic hydroxyl groups is 1. The molecule has 4 rings (SSSR count). The van der Waals surface area contributed by atoms with Crippen LogP contribution in [0.1, 0.15) is 44.7 Å². The number of phenols is 1. The molecule has 9 heteroatoms. The lowest BCUT2D eigenvalue weighted by Gasteiger charge is -2.35. The summed E-state index contributed by atoms with van der Waals surface area (Å²) < 4.78 is 10.9. The fraction of sp³-hybridized carbons (Fsp3) is 0.400. The molecule has 39 heavy (non-hydrogen) atoms. The molecule has 3 aromatic rings. The van der Waals surface area contributed by atoms with Gasteiger partial charge in [0.2, 0.25) is 0 Å². The molecule has 1 aromatic heterocycles. The number of nitrogen functional groups attached to an aromatic ring is 1. The molecule has 0 unspecified atom stereocenters. The van der Waals surface area contributed by atoms with Crippen molar-refractivity contribution in [2.45, 2.75) is 58.3 Å². The lowest BCUT2D eigenvalue weighted by molar-refractivity contribution is 0.0206. The lowest BCUT2D eigenvalue weighted by Crippen LogP contribution is -2.47. The van der Waals surface area contributed by atoms with Crippen molar-refractivity contribution in [3.8, 4) is 11.5 Å². The zero-order chi connectivity index (χ0) is 28.0. The minimum absolute atomic E-state index is 0.0379. The van der Waals surface area contributed by atoms with E-state index in [1.807, 2.05) is 63.2 Å². The van der Waals surface area contributed by atoms with Crippen LogP contribution in [-0.4, -0.2) is 52.9 Å². The number of ether oxygens (including phenoxy) is 2. The Balaban J connectivity index is 1.55. The molecule has 1 atom stereocenters. The van der Waals surface area contributed by atoms with E-state index in [4.69, 9.17) is 15.2 Å². The van der Waals surface area contributed by atoms with E-state index in [0.717, 1.165) is 35.4 Å². The van der Waals surface area contributed by atoms with E-state index < -0.39 is 5.60 Å². The number of anilines is 3. The first kappa shape index (κ1) is 27.9. The van der Waals surface area contributed by atoms with Crippen molar-refractivity contribution in [2.24, 2.45) is 0 Å². The standard InChI is InChI=1S/C30H39N5O4/c1-30(2,3)39-29(37)34-17-5-6-23(20-34)33-26-15-16-32-28(27(26)31)35(18-21-7-11-24(36)12-8-21)19-22-9-13-25(38-4)14-10-22/h7-16,23,36H,5-6,17-20,31H2,1-4H3,(H,32,33)/t23-/m1/s1. The van der Waals surface area contributed by atoms with Crippen LogP contribution in [0.25, 0.3) is 0 Å². The van der Waals surface area contributed by atoms with Crippen LogP contribution in [0.5, 0.6) is 11.5 Å². The molecule has 1 saturated heterocycles. The maximum Gasteiger partial charge on any atom is 0.410 e. The Morgan fingerprint density at radius 3 is 2.36 bits per heavy atom. The Morgan fingerprint density at radius 2 is 1.74 bits per heavy atom. The molecule has 0 spiro atoms. The molecule has 9 nitrogen and oxygen atoms in total. The number of methoxy groups -OCH3 is 1. The Kier molecular flexibility index (Phi) is 8.69. The smallest absolute Gasteiger partial charge is 0.410 e. The number of rotatable bonds is 8. The summed E-state index contributed by atoms with van der Waals surface area (Å²) in [6, 6.07) is 17.0. The number of nitrogens with zero attached hydrogens (tertiary/aromatic N) is 3. The number of carbonyl (C=O) groups is 1. The second kappa shape index (κ2) is 12.1. The van der Waals surface area contributed by atoms with Gasteiger partial charge in [-0.1, -0.05) is 24.3 Å². The summed E-state index contributed by atoms with van der Waals surface area (Å²) in [4.78, 5) is 21.2. The van der Waals surface area contributed by atoms with Crippen molar-refractivity contribution >= 4 is 23.3 Å². The molecular formula is C30H39N5O4. The quantitative estimate of drug-likeness (QED) is 0.353. The average Bonchev–Trinajstić information content (AvgIpc) is 2.90. The predicted molar refractivity (Wildman–Crippen MR) is 154 cm³/mol. The van der Waals surface area contributed by atoms with Gasteiger partial charge in [0, 0.05) is 38.4 Å². The third-order valence-electron chi connectivity index (χ3n) is 6.54. The summed E-state index contributed by atoms with van der Waals surface area (Å²) >= 11 is 0. The van der Waals surface area contributed by atoms with E-state index in [0.29, 0.717) is 37.7 Å². The summed E-state index contributed by atoms with van der Waals surface area (Å²) in [5.74, 6) is 1.67. The molecule has 0 radical (unpaired) electrons. The number of aromatic nitrogens is 1. The number of hydrogen-bond donors (Lipinski definition) is 3. The topological polar surface area (TPSA) is 113 Å². The fourth-order valence-electron chi connectivity index (χ4n) is 4.63. The van der Waals surface area contributed by atoms with Gasteiger partial charge in [0.15, 0.2) is 5.82 Å². The van der Waals surface area contributed by atoms with E-state index in [2.05, 4.69) is 15.2 Å². The molecule has 1 aliphatic heterocycles. The third kappa shape index (κ3) is 7.69. The monoisotopic (exact) mass is 533 g/mol. The van der Waals surface area contributed by atoms with Crippen LogP contribution < -0.4 is 20.7 Å². The number of nitrogens with one attached hydrogen (secondary N) is 1. The Bertz CT molecular complexity index is 1240. The normalized spacial score (nSPS) is 15.5. The van der Waals surface area contributed by atoms with Gasteiger partial charge in [-0.2, -0.15) is 0 Å². The number of likely N-dealkylation sites (tertiary alicyclic amines) is 1. The number of amides is 1. The van der Waals surface area contributed by atoms with Gasteiger partial charge >= 0.3 is 6.09 Å². The van der Waals surface area contributed by atoms with Crippen LogP contribution in [0.3, 0.4) is 0 Å². The fourth-order valence-corrected chi connectivity index (χ4v) is 4.63. The largest absolute Gasteiger partial charge is 0.508 e. The van der Waals surface area contributed by atoms with E-state index in [1.165, 1.54) is 0 Å². The number of nitrogens with two attached hydrogens (primary N) is 1. The number of piperidine rings is 1. The Labute approximate surface area is 230 Å². The molecule has 1 aliphatic rings. The molecular weight excluding hydrogens is 494 g/mol. The van der Waals surface area contributed by atoms with Gasteiger partial charge in [0.05, 0.1) is 18.5 Å². The van der Waals surface area contributed by atoms with Crippen LogP contribution >= 0.6 is 0 Å². The average molecular weight is 534 g/mol. The molecule has 2 heterocycles. The summed E-state index contributed by atoms with van der Waals surface area (Å²) in [5.41, 5.74) is 9.60. The zero-order valence-electron chi connectivity index (χ0n) is 23.2. The lowest BCUT2D eigenvalue weighted by atomic mass is 10.1. The second-order valence-corrected chi connectivity index (χ2v) is 10.9.